The fraction of sp³-hybridized carbons (Fsp3) is 0.190. The van der Waals surface area contributed by atoms with Crippen molar-refractivity contribution in [3.8, 4) is 22.0 Å². The van der Waals surface area contributed by atoms with Gasteiger partial charge in [0, 0.05) is 28.8 Å². The van der Waals surface area contributed by atoms with E-state index in [-0.39, 0.29) is 5.82 Å². The molecule has 2 heterocycles. The number of aryl methyl sites for hydroxylation is 1. The lowest BCUT2D eigenvalue weighted by Crippen LogP contribution is -2.00. The molecule has 0 unspecified atom stereocenters. The zero-order valence-electron chi connectivity index (χ0n) is 15.6. The topological polar surface area (TPSA) is 43.6 Å². The molecule has 0 atom stereocenters. The summed E-state index contributed by atoms with van der Waals surface area (Å²) in [6.07, 6.45) is 0. The molecule has 0 aliphatic carbocycles. The molecule has 2 aromatic carbocycles. The van der Waals surface area contributed by atoms with Crippen molar-refractivity contribution >= 4 is 23.1 Å². The molecule has 4 nitrogen and oxygen atoms in total. The Morgan fingerprint density at radius 1 is 1.07 bits per heavy atom. The van der Waals surface area contributed by atoms with E-state index in [1.807, 2.05) is 17.5 Å². The smallest absolute Gasteiger partial charge is 0.191 e. The van der Waals surface area contributed by atoms with E-state index in [0.29, 0.717) is 5.75 Å². The second kappa shape index (κ2) is 8.24. The normalized spacial score (nSPS) is 11.1. The van der Waals surface area contributed by atoms with Crippen molar-refractivity contribution in [1.29, 1.82) is 0 Å². The highest BCUT2D eigenvalue weighted by molar-refractivity contribution is 7.98. The predicted molar refractivity (Wildman–Crippen MR) is 113 cm³/mol. The van der Waals surface area contributed by atoms with Crippen LogP contribution in [-0.4, -0.2) is 19.7 Å². The molecule has 0 saturated heterocycles. The maximum absolute atomic E-state index is 13.1. The van der Waals surface area contributed by atoms with Gasteiger partial charge in [-0.05, 0) is 43.7 Å². The Morgan fingerprint density at radius 3 is 2.61 bits per heavy atom. The van der Waals surface area contributed by atoms with Crippen LogP contribution in [-0.2, 0) is 12.3 Å². The average Bonchev–Trinajstić information content (AvgIpc) is 3.34. The van der Waals surface area contributed by atoms with Crippen LogP contribution in [0.3, 0.4) is 0 Å². The van der Waals surface area contributed by atoms with Gasteiger partial charge < -0.3 is 4.57 Å². The van der Waals surface area contributed by atoms with Gasteiger partial charge in [-0.25, -0.2) is 9.37 Å². The minimum Gasteiger partial charge on any atom is -0.302 e. The van der Waals surface area contributed by atoms with Crippen LogP contribution in [0.25, 0.3) is 22.0 Å². The number of nitrogens with zero attached hydrogens (tertiary/aromatic N) is 4. The molecule has 0 bridgehead atoms. The van der Waals surface area contributed by atoms with E-state index in [4.69, 9.17) is 0 Å². The van der Waals surface area contributed by atoms with E-state index < -0.39 is 0 Å². The highest BCUT2D eigenvalue weighted by Crippen LogP contribution is 2.30. The Morgan fingerprint density at radius 2 is 1.86 bits per heavy atom. The highest BCUT2D eigenvalue weighted by Gasteiger charge is 2.15. The summed E-state index contributed by atoms with van der Waals surface area (Å²) in [5.41, 5.74) is 4.21. The number of benzene rings is 2. The average molecular weight is 411 g/mol. The maximum atomic E-state index is 13.1. The fourth-order valence-corrected chi connectivity index (χ4v) is 4.77. The summed E-state index contributed by atoms with van der Waals surface area (Å²) in [5.74, 6) is 1.37. The molecule has 0 radical (unpaired) electrons. The van der Waals surface area contributed by atoms with E-state index in [1.54, 1.807) is 35.2 Å². The molecule has 0 aliphatic heterocycles. The van der Waals surface area contributed by atoms with Crippen molar-refractivity contribution in [3.63, 3.8) is 0 Å². The maximum Gasteiger partial charge on any atom is 0.191 e. The molecule has 0 saturated carbocycles. The quantitative estimate of drug-likeness (QED) is 0.375. The lowest BCUT2D eigenvalue weighted by atomic mass is 10.1. The van der Waals surface area contributed by atoms with Crippen molar-refractivity contribution in [3.05, 3.63) is 71.0 Å². The van der Waals surface area contributed by atoms with Crippen LogP contribution in [0.5, 0.6) is 0 Å². The lowest BCUT2D eigenvalue weighted by molar-refractivity contribution is 0.628. The number of halogens is 1. The third kappa shape index (κ3) is 3.86. The Labute approximate surface area is 171 Å². The summed E-state index contributed by atoms with van der Waals surface area (Å²) in [7, 11) is 0. The summed E-state index contributed by atoms with van der Waals surface area (Å²) in [4.78, 5) is 4.68. The van der Waals surface area contributed by atoms with Crippen LogP contribution < -0.4 is 0 Å². The second-order valence-electron chi connectivity index (χ2n) is 6.30. The van der Waals surface area contributed by atoms with Crippen LogP contribution >= 0.6 is 23.1 Å². The Kier molecular flexibility index (Phi) is 5.54. The van der Waals surface area contributed by atoms with Gasteiger partial charge in [-0.1, -0.05) is 36.0 Å². The molecule has 0 fully saturated rings. The first-order valence-electron chi connectivity index (χ1n) is 8.98. The number of aromatic nitrogens is 4. The van der Waals surface area contributed by atoms with Gasteiger partial charge in [0.25, 0.3) is 0 Å². The minimum absolute atomic E-state index is 0.237. The molecular formula is C21H19FN4S2. The third-order valence-corrected chi connectivity index (χ3v) is 6.35. The summed E-state index contributed by atoms with van der Waals surface area (Å²) in [6.45, 7) is 4.99. The Hall–Kier alpha value is -2.51. The predicted octanol–water partition coefficient (Wildman–Crippen LogP) is 5.83. The van der Waals surface area contributed by atoms with Crippen LogP contribution in [0.15, 0.2) is 59.1 Å². The van der Waals surface area contributed by atoms with Gasteiger partial charge in [0.15, 0.2) is 11.0 Å². The Bertz CT molecular complexity index is 1090. The third-order valence-electron chi connectivity index (χ3n) is 4.41. The molecule has 142 valence electrons. The molecule has 4 aromatic rings. The van der Waals surface area contributed by atoms with Crippen molar-refractivity contribution in [1.82, 2.24) is 19.7 Å². The molecule has 0 spiro atoms. The number of thiazole rings is 1. The molecule has 0 N–H and O–H groups in total. The van der Waals surface area contributed by atoms with Crippen molar-refractivity contribution in [2.75, 3.05) is 0 Å². The van der Waals surface area contributed by atoms with Crippen molar-refractivity contribution in [2.45, 2.75) is 31.3 Å². The highest BCUT2D eigenvalue weighted by atomic mass is 32.2. The molecular weight excluding hydrogens is 391 g/mol. The van der Waals surface area contributed by atoms with E-state index in [9.17, 15) is 4.39 Å². The number of hydrogen-bond donors (Lipinski definition) is 0. The van der Waals surface area contributed by atoms with Gasteiger partial charge in [0.05, 0.1) is 5.69 Å². The largest absolute Gasteiger partial charge is 0.302 e. The summed E-state index contributed by atoms with van der Waals surface area (Å²) < 4.78 is 15.2. The first-order valence-corrected chi connectivity index (χ1v) is 10.8. The van der Waals surface area contributed by atoms with Gasteiger partial charge in [-0.3, -0.25) is 0 Å². The van der Waals surface area contributed by atoms with E-state index >= 15 is 0 Å². The molecule has 0 aliphatic rings. The first kappa shape index (κ1) is 18.8. The molecule has 7 heteroatoms. The lowest BCUT2D eigenvalue weighted by Gasteiger charge is -2.08. The first-order chi connectivity index (χ1) is 13.7. The van der Waals surface area contributed by atoms with Gasteiger partial charge >= 0.3 is 0 Å². The monoisotopic (exact) mass is 410 g/mol. The van der Waals surface area contributed by atoms with Crippen molar-refractivity contribution < 1.29 is 4.39 Å². The number of thioether (sulfide) groups is 1. The van der Waals surface area contributed by atoms with Gasteiger partial charge in [0.1, 0.15) is 10.8 Å². The van der Waals surface area contributed by atoms with Crippen LogP contribution in [0.4, 0.5) is 4.39 Å². The van der Waals surface area contributed by atoms with Gasteiger partial charge in [-0.2, -0.15) is 0 Å². The number of rotatable bonds is 6. The minimum atomic E-state index is -0.237. The van der Waals surface area contributed by atoms with Crippen LogP contribution in [0.2, 0.25) is 0 Å². The van der Waals surface area contributed by atoms with Crippen LogP contribution in [0, 0.1) is 12.7 Å². The standard InChI is InChI=1S/C21H19FN4S2/c1-3-26-19(18-7-5-4-6-14(18)2)24-25-21(26)28-13-17-12-27-20(23-17)15-8-10-16(22)11-9-15/h4-12H,3,13H2,1-2H3. The second-order valence-corrected chi connectivity index (χ2v) is 8.11. The summed E-state index contributed by atoms with van der Waals surface area (Å²) in [5, 5.41) is 12.7. The zero-order chi connectivity index (χ0) is 19.5. The molecule has 28 heavy (non-hydrogen) atoms. The zero-order valence-corrected chi connectivity index (χ0v) is 17.2. The number of hydrogen-bond acceptors (Lipinski definition) is 5. The van der Waals surface area contributed by atoms with Crippen molar-refractivity contribution in [2.24, 2.45) is 0 Å². The van der Waals surface area contributed by atoms with E-state index in [2.05, 4.69) is 45.7 Å². The fourth-order valence-electron chi connectivity index (χ4n) is 2.94. The SMILES string of the molecule is CCn1c(SCc2csc(-c3ccc(F)cc3)n2)nnc1-c1ccccc1C. The van der Waals surface area contributed by atoms with E-state index in [0.717, 1.165) is 39.4 Å². The van der Waals surface area contributed by atoms with E-state index in [1.165, 1.54) is 17.7 Å². The molecule has 4 rings (SSSR count). The molecule has 0 amide bonds. The molecule has 2 aromatic heterocycles. The summed E-state index contributed by atoms with van der Waals surface area (Å²) in [6, 6.07) is 14.7. The Balaban J connectivity index is 1.52. The van der Waals surface area contributed by atoms with Gasteiger partial charge in [0.2, 0.25) is 0 Å². The summed E-state index contributed by atoms with van der Waals surface area (Å²) >= 11 is 3.20. The van der Waals surface area contributed by atoms with Crippen LogP contribution in [0.1, 0.15) is 18.2 Å². The van der Waals surface area contributed by atoms with Gasteiger partial charge in [-0.15, -0.1) is 21.5 Å².